The van der Waals surface area contributed by atoms with Crippen LogP contribution in [0.1, 0.15) is 5.56 Å². The van der Waals surface area contributed by atoms with Crippen molar-refractivity contribution in [2.75, 3.05) is 0 Å². The number of fused-ring (bicyclic) bond motifs is 1. The van der Waals surface area contributed by atoms with E-state index in [4.69, 9.17) is 0 Å². The van der Waals surface area contributed by atoms with Crippen molar-refractivity contribution in [1.29, 1.82) is 0 Å². The monoisotopic (exact) mass is 274 g/mol. The van der Waals surface area contributed by atoms with Gasteiger partial charge in [0.25, 0.3) is 0 Å². The average Bonchev–Trinajstić information content (AvgIpc) is 2.81. The van der Waals surface area contributed by atoms with E-state index in [0.717, 1.165) is 11.0 Å². The van der Waals surface area contributed by atoms with Gasteiger partial charge in [-0.1, -0.05) is 30.0 Å². The van der Waals surface area contributed by atoms with Crippen molar-refractivity contribution in [2.45, 2.75) is 16.7 Å². The molecule has 3 nitrogen and oxygen atoms in total. The van der Waals surface area contributed by atoms with Crippen molar-refractivity contribution in [1.82, 2.24) is 9.97 Å². The number of aromatic nitrogens is 2. The van der Waals surface area contributed by atoms with Crippen LogP contribution in [0.4, 0.5) is 4.39 Å². The second kappa shape index (κ2) is 5.03. The summed E-state index contributed by atoms with van der Waals surface area (Å²) in [5, 5.41) is 9.92. The van der Waals surface area contributed by atoms with Gasteiger partial charge in [-0.05, 0) is 24.3 Å². The van der Waals surface area contributed by atoms with E-state index in [1.807, 2.05) is 24.3 Å². The number of nitrogens with zero attached hydrogens (tertiary/aromatic N) is 1. The molecule has 3 aromatic rings. The zero-order valence-electron chi connectivity index (χ0n) is 9.93. The third kappa shape index (κ3) is 2.34. The van der Waals surface area contributed by atoms with Crippen LogP contribution in [0.5, 0.6) is 0 Å². The maximum Gasteiger partial charge on any atom is 0.171 e. The summed E-state index contributed by atoms with van der Waals surface area (Å²) >= 11 is 1.31. The molecule has 0 aliphatic carbocycles. The topological polar surface area (TPSA) is 48.9 Å². The summed E-state index contributed by atoms with van der Waals surface area (Å²) < 4.78 is 13.6. The molecule has 0 aliphatic heterocycles. The third-order valence-corrected chi connectivity index (χ3v) is 3.80. The number of benzene rings is 2. The Hall–Kier alpha value is -1.85. The third-order valence-electron chi connectivity index (χ3n) is 2.81. The summed E-state index contributed by atoms with van der Waals surface area (Å²) in [4.78, 5) is 8.25. The number of hydrogen-bond acceptors (Lipinski definition) is 3. The number of hydrogen-bond donors (Lipinski definition) is 2. The minimum atomic E-state index is -0.399. The van der Waals surface area contributed by atoms with Crippen molar-refractivity contribution in [3.05, 3.63) is 53.8 Å². The normalized spacial score (nSPS) is 11.1. The number of nitrogens with one attached hydrogen (secondary N) is 1. The molecule has 0 amide bonds. The van der Waals surface area contributed by atoms with Gasteiger partial charge in [-0.25, -0.2) is 9.37 Å². The predicted octanol–water partition coefficient (Wildman–Crippen LogP) is 3.35. The standard InChI is InChI=1S/C14H11FN2OS/c15-10-4-3-7-13(9(10)8-18)19-14-16-11-5-1-2-6-12(11)17-14/h1-7,18H,8H2,(H,16,17). The first-order valence-corrected chi connectivity index (χ1v) is 6.60. The molecule has 0 aliphatic rings. The molecule has 19 heavy (non-hydrogen) atoms. The largest absolute Gasteiger partial charge is 0.392 e. The minimum Gasteiger partial charge on any atom is -0.392 e. The Balaban J connectivity index is 1.99. The highest BCUT2D eigenvalue weighted by Crippen LogP contribution is 2.31. The molecule has 1 aromatic heterocycles. The van der Waals surface area contributed by atoms with Gasteiger partial charge < -0.3 is 10.1 Å². The molecule has 0 saturated carbocycles. The van der Waals surface area contributed by atoms with Gasteiger partial charge in [0.1, 0.15) is 5.82 Å². The summed E-state index contributed by atoms with van der Waals surface area (Å²) in [5.41, 5.74) is 2.10. The molecular formula is C14H11FN2OS. The first kappa shape index (κ1) is 12.2. The molecule has 0 spiro atoms. The summed E-state index contributed by atoms with van der Waals surface area (Å²) in [6, 6.07) is 12.4. The van der Waals surface area contributed by atoms with Crippen LogP contribution in [0.2, 0.25) is 0 Å². The Morgan fingerprint density at radius 2 is 2.00 bits per heavy atom. The SMILES string of the molecule is OCc1c(F)cccc1Sc1nc2ccccc2[nH]1. The molecule has 2 N–H and O–H groups in total. The highest BCUT2D eigenvalue weighted by Gasteiger charge is 2.11. The molecule has 3 rings (SSSR count). The molecule has 1 heterocycles. The zero-order chi connectivity index (χ0) is 13.2. The lowest BCUT2D eigenvalue weighted by Gasteiger charge is -2.05. The maximum absolute atomic E-state index is 13.6. The van der Waals surface area contributed by atoms with Crippen LogP contribution >= 0.6 is 11.8 Å². The number of para-hydroxylation sites is 2. The van der Waals surface area contributed by atoms with E-state index in [9.17, 15) is 9.50 Å². The van der Waals surface area contributed by atoms with Crippen LogP contribution in [0, 0.1) is 5.82 Å². The fourth-order valence-electron chi connectivity index (χ4n) is 1.87. The highest BCUT2D eigenvalue weighted by molar-refractivity contribution is 7.99. The Bertz CT molecular complexity index is 693. The molecule has 0 radical (unpaired) electrons. The van der Waals surface area contributed by atoms with E-state index < -0.39 is 5.82 Å². The summed E-state index contributed by atoms with van der Waals surface area (Å²) in [6.07, 6.45) is 0. The Morgan fingerprint density at radius 1 is 1.16 bits per heavy atom. The fourth-order valence-corrected chi connectivity index (χ4v) is 2.81. The van der Waals surface area contributed by atoms with Crippen LogP contribution in [0.15, 0.2) is 52.5 Å². The van der Waals surface area contributed by atoms with Gasteiger partial charge in [0.05, 0.1) is 17.6 Å². The summed E-state index contributed by atoms with van der Waals surface area (Å²) in [6.45, 7) is -0.324. The van der Waals surface area contributed by atoms with Crippen molar-refractivity contribution in [3.63, 3.8) is 0 Å². The summed E-state index contributed by atoms with van der Waals surface area (Å²) in [7, 11) is 0. The molecule has 0 saturated heterocycles. The number of imidazole rings is 1. The zero-order valence-corrected chi connectivity index (χ0v) is 10.7. The van der Waals surface area contributed by atoms with E-state index in [2.05, 4.69) is 9.97 Å². The fraction of sp³-hybridized carbons (Fsp3) is 0.0714. The quantitative estimate of drug-likeness (QED) is 0.770. The Kier molecular flexibility index (Phi) is 3.23. The number of H-pyrrole nitrogens is 1. The lowest BCUT2D eigenvalue weighted by atomic mass is 10.2. The predicted molar refractivity (Wildman–Crippen MR) is 72.5 cm³/mol. The maximum atomic E-state index is 13.6. The van der Waals surface area contributed by atoms with Crippen molar-refractivity contribution < 1.29 is 9.50 Å². The molecule has 2 aromatic carbocycles. The molecule has 5 heteroatoms. The van der Waals surface area contributed by atoms with E-state index in [1.54, 1.807) is 12.1 Å². The Morgan fingerprint density at radius 3 is 2.79 bits per heavy atom. The smallest absolute Gasteiger partial charge is 0.171 e. The van der Waals surface area contributed by atoms with Gasteiger partial charge in [0.15, 0.2) is 5.16 Å². The van der Waals surface area contributed by atoms with Gasteiger partial charge in [0, 0.05) is 10.5 Å². The van der Waals surface area contributed by atoms with E-state index in [-0.39, 0.29) is 6.61 Å². The van der Waals surface area contributed by atoms with Crippen LogP contribution in [0.25, 0.3) is 11.0 Å². The lowest BCUT2D eigenvalue weighted by Crippen LogP contribution is -1.92. The molecule has 0 fully saturated rings. The van der Waals surface area contributed by atoms with E-state index in [0.29, 0.717) is 15.6 Å². The highest BCUT2D eigenvalue weighted by atomic mass is 32.2. The first-order chi connectivity index (χ1) is 9.28. The number of aliphatic hydroxyl groups is 1. The second-order valence-corrected chi connectivity index (χ2v) is 5.07. The van der Waals surface area contributed by atoms with Crippen molar-refractivity contribution >= 4 is 22.8 Å². The minimum absolute atomic E-state index is 0.299. The van der Waals surface area contributed by atoms with E-state index in [1.165, 1.54) is 17.8 Å². The second-order valence-electron chi connectivity index (χ2n) is 4.04. The van der Waals surface area contributed by atoms with Gasteiger partial charge in [-0.15, -0.1) is 0 Å². The molecule has 0 atom stereocenters. The average molecular weight is 274 g/mol. The van der Waals surface area contributed by atoms with Crippen LogP contribution < -0.4 is 0 Å². The van der Waals surface area contributed by atoms with Crippen molar-refractivity contribution in [2.24, 2.45) is 0 Å². The van der Waals surface area contributed by atoms with Crippen LogP contribution in [-0.2, 0) is 6.61 Å². The molecule has 0 unspecified atom stereocenters. The first-order valence-electron chi connectivity index (χ1n) is 5.79. The lowest BCUT2D eigenvalue weighted by molar-refractivity contribution is 0.272. The number of halogens is 1. The molecule has 0 bridgehead atoms. The van der Waals surface area contributed by atoms with Gasteiger partial charge in [-0.3, -0.25) is 0 Å². The van der Waals surface area contributed by atoms with Gasteiger partial charge in [-0.2, -0.15) is 0 Å². The van der Waals surface area contributed by atoms with Crippen molar-refractivity contribution in [3.8, 4) is 0 Å². The van der Waals surface area contributed by atoms with Gasteiger partial charge in [0.2, 0.25) is 0 Å². The van der Waals surface area contributed by atoms with Crippen LogP contribution in [-0.4, -0.2) is 15.1 Å². The molecule has 96 valence electrons. The Labute approximate surface area is 113 Å². The summed E-state index contributed by atoms with van der Waals surface area (Å²) in [5.74, 6) is -0.399. The number of aromatic amines is 1. The molecular weight excluding hydrogens is 263 g/mol. The number of rotatable bonds is 3. The van der Waals surface area contributed by atoms with E-state index >= 15 is 0 Å². The van der Waals surface area contributed by atoms with Crippen LogP contribution in [0.3, 0.4) is 0 Å². The number of aliphatic hydroxyl groups excluding tert-OH is 1. The van der Waals surface area contributed by atoms with Gasteiger partial charge >= 0.3 is 0 Å².